The molecule has 3 rings (SSSR count). The molecule has 2 aromatic carbocycles. The van der Waals surface area contributed by atoms with Crippen molar-refractivity contribution in [1.82, 2.24) is 0 Å². The molecule has 0 heterocycles. The van der Waals surface area contributed by atoms with Crippen LogP contribution in [-0.4, -0.2) is 31.2 Å². The first-order valence-electron chi connectivity index (χ1n) is 8.05. The number of nitrogens with zero attached hydrogens (tertiary/aromatic N) is 1. The molecule has 24 heavy (non-hydrogen) atoms. The molecule has 0 aliphatic heterocycles. The van der Waals surface area contributed by atoms with Gasteiger partial charge in [-0.3, -0.25) is 4.79 Å². The first-order valence-corrected chi connectivity index (χ1v) is 8.05. The quantitative estimate of drug-likeness (QED) is 0.857. The van der Waals surface area contributed by atoms with Crippen molar-refractivity contribution in [2.45, 2.75) is 18.3 Å². The molecule has 1 saturated carbocycles. The van der Waals surface area contributed by atoms with Crippen LogP contribution in [0.1, 0.15) is 18.4 Å². The molecule has 0 saturated heterocycles. The average molecular weight is 328 g/mol. The molecule has 0 atom stereocenters. The normalized spacial score (nSPS) is 15.0. The van der Waals surface area contributed by atoms with E-state index in [1.807, 2.05) is 36.2 Å². The Hall–Kier alpha value is -2.40. The number of carbonyl (C=O) groups is 1. The summed E-state index contributed by atoms with van der Waals surface area (Å²) in [7, 11) is 1.90. The van der Waals surface area contributed by atoms with Crippen molar-refractivity contribution in [3.8, 4) is 0 Å². The maximum Gasteiger partial charge on any atom is 0.235 e. The minimum absolute atomic E-state index is 0.0504. The Kier molecular flexibility index (Phi) is 4.53. The number of anilines is 2. The van der Waals surface area contributed by atoms with Gasteiger partial charge in [-0.15, -0.1) is 0 Å². The lowest BCUT2D eigenvalue weighted by atomic mass is 9.95. The predicted molar refractivity (Wildman–Crippen MR) is 92.7 cm³/mol. The largest absolute Gasteiger partial charge is 0.395 e. The van der Waals surface area contributed by atoms with Crippen LogP contribution in [0, 0.1) is 5.82 Å². The van der Waals surface area contributed by atoms with Crippen LogP contribution in [-0.2, 0) is 10.2 Å². The fourth-order valence-electron chi connectivity index (χ4n) is 2.87. The minimum Gasteiger partial charge on any atom is -0.395 e. The van der Waals surface area contributed by atoms with E-state index >= 15 is 0 Å². The summed E-state index contributed by atoms with van der Waals surface area (Å²) >= 11 is 0. The number of rotatable bonds is 6. The maximum absolute atomic E-state index is 13.1. The van der Waals surface area contributed by atoms with Gasteiger partial charge in [0.05, 0.1) is 12.0 Å². The Morgan fingerprint density at radius 3 is 2.33 bits per heavy atom. The Bertz CT molecular complexity index is 709. The van der Waals surface area contributed by atoms with Crippen LogP contribution in [0.3, 0.4) is 0 Å². The molecular weight excluding hydrogens is 307 g/mol. The third-order valence-electron chi connectivity index (χ3n) is 4.58. The van der Waals surface area contributed by atoms with Crippen molar-refractivity contribution in [1.29, 1.82) is 0 Å². The van der Waals surface area contributed by atoms with Gasteiger partial charge < -0.3 is 15.3 Å². The number of likely N-dealkylation sites (N-methyl/N-ethyl adjacent to an activating group) is 1. The number of aliphatic hydroxyl groups excluding tert-OH is 1. The highest BCUT2D eigenvalue weighted by Crippen LogP contribution is 2.49. The highest BCUT2D eigenvalue weighted by atomic mass is 19.1. The van der Waals surface area contributed by atoms with Gasteiger partial charge in [-0.05, 0) is 54.8 Å². The van der Waals surface area contributed by atoms with E-state index in [0.29, 0.717) is 6.54 Å². The second-order valence-corrected chi connectivity index (χ2v) is 6.24. The van der Waals surface area contributed by atoms with Gasteiger partial charge >= 0.3 is 0 Å². The van der Waals surface area contributed by atoms with Gasteiger partial charge in [-0.25, -0.2) is 4.39 Å². The van der Waals surface area contributed by atoms with Gasteiger partial charge in [0.15, 0.2) is 0 Å². The van der Waals surface area contributed by atoms with E-state index in [9.17, 15) is 9.18 Å². The average Bonchev–Trinajstić information content (AvgIpc) is 3.38. The zero-order valence-electron chi connectivity index (χ0n) is 13.6. The smallest absolute Gasteiger partial charge is 0.235 e. The zero-order chi connectivity index (χ0) is 17.2. The summed E-state index contributed by atoms with van der Waals surface area (Å²) in [5, 5.41) is 11.9. The first kappa shape index (κ1) is 16.5. The number of benzene rings is 2. The summed E-state index contributed by atoms with van der Waals surface area (Å²) in [6, 6.07) is 13.7. The van der Waals surface area contributed by atoms with Crippen LogP contribution in [0.5, 0.6) is 0 Å². The van der Waals surface area contributed by atoms with E-state index in [1.165, 1.54) is 12.1 Å². The fraction of sp³-hybridized carbons (Fsp3) is 0.316. The van der Waals surface area contributed by atoms with E-state index in [2.05, 4.69) is 5.32 Å². The van der Waals surface area contributed by atoms with Gasteiger partial charge in [-0.2, -0.15) is 0 Å². The number of hydrogen-bond acceptors (Lipinski definition) is 3. The second kappa shape index (κ2) is 6.61. The number of aliphatic hydroxyl groups is 1. The van der Waals surface area contributed by atoms with Crippen molar-refractivity contribution < 1.29 is 14.3 Å². The number of hydrogen-bond donors (Lipinski definition) is 2. The van der Waals surface area contributed by atoms with Gasteiger partial charge in [0.2, 0.25) is 5.91 Å². The third-order valence-corrected chi connectivity index (χ3v) is 4.58. The van der Waals surface area contributed by atoms with Crippen LogP contribution < -0.4 is 10.2 Å². The molecule has 2 aromatic rings. The lowest BCUT2D eigenvalue weighted by Crippen LogP contribution is -2.27. The molecule has 0 unspecified atom stereocenters. The molecular formula is C19H21FN2O2. The van der Waals surface area contributed by atoms with E-state index in [4.69, 9.17) is 5.11 Å². The van der Waals surface area contributed by atoms with Gasteiger partial charge in [0, 0.05) is 25.0 Å². The van der Waals surface area contributed by atoms with E-state index in [0.717, 1.165) is 29.8 Å². The molecule has 4 nitrogen and oxygen atoms in total. The van der Waals surface area contributed by atoms with E-state index in [-0.39, 0.29) is 18.3 Å². The summed E-state index contributed by atoms with van der Waals surface area (Å²) in [4.78, 5) is 14.6. The fourth-order valence-corrected chi connectivity index (χ4v) is 2.87. The summed E-state index contributed by atoms with van der Waals surface area (Å²) in [6.45, 7) is 0.647. The number of halogens is 1. The molecule has 5 heteroatoms. The molecule has 1 fully saturated rings. The topological polar surface area (TPSA) is 52.6 Å². The number of nitrogens with one attached hydrogen (secondary N) is 1. The van der Waals surface area contributed by atoms with Gasteiger partial charge in [0.25, 0.3) is 0 Å². The molecule has 0 bridgehead atoms. The first-order chi connectivity index (χ1) is 11.5. The van der Waals surface area contributed by atoms with Crippen LogP contribution in [0.25, 0.3) is 0 Å². The van der Waals surface area contributed by atoms with E-state index < -0.39 is 5.41 Å². The molecule has 0 radical (unpaired) electrons. The Morgan fingerprint density at radius 2 is 1.79 bits per heavy atom. The van der Waals surface area contributed by atoms with Crippen LogP contribution >= 0.6 is 0 Å². The van der Waals surface area contributed by atoms with Crippen molar-refractivity contribution in [2.24, 2.45) is 0 Å². The standard InChI is InChI=1S/C19H21FN2O2/c1-22(12-13-23)17-8-6-16(7-9-17)21-18(24)19(10-11-19)14-2-4-15(20)5-3-14/h2-9,23H,10-13H2,1H3,(H,21,24). The molecule has 1 amide bonds. The lowest BCUT2D eigenvalue weighted by molar-refractivity contribution is -0.118. The summed E-state index contributed by atoms with van der Waals surface area (Å²) < 4.78 is 13.1. The molecule has 2 N–H and O–H groups in total. The molecule has 1 aliphatic rings. The molecule has 1 aliphatic carbocycles. The SMILES string of the molecule is CN(CCO)c1ccc(NC(=O)C2(c3ccc(F)cc3)CC2)cc1. The predicted octanol–water partition coefficient (Wildman–Crippen LogP) is 2.92. The van der Waals surface area contributed by atoms with Crippen LogP contribution in [0.2, 0.25) is 0 Å². The summed E-state index contributed by atoms with van der Waals surface area (Å²) in [5.74, 6) is -0.344. The van der Waals surface area contributed by atoms with Crippen molar-refractivity contribution in [2.75, 3.05) is 30.4 Å². The minimum atomic E-state index is -0.528. The highest BCUT2D eigenvalue weighted by Gasteiger charge is 2.51. The number of carbonyl (C=O) groups excluding carboxylic acids is 1. The second-order valence-electron chi connectivity index (χ2n) is 6.24. The molecule has 126 valence electrons. The van der Waals surface area contributed by atoms with Crippen molar-refractivity contribution >= 4 is 17.3 Å². The Labute approximate surface area is 140 Å². The highest BCUT2D eigenvalue weighted by molar-refractivity contribution is 6.01. The van der Waals surface area contributed by atoms with Crippen molar-refractivity contribution in [3.05, 3.63) is 59.9 Å². The number of amides is 1. The monoisotopic (exact) mass is 328 g/mol. The van der Waals surface area contributed by atoms with Gasteiger partial charge in [-0.1, -0.05) is 12.1 Å². The van der Waals surface area contributed by atoms with Gasteiger partial charge in [0.1, 0.15) is 5.82 Å². The summed E-state index contributed by atoms with van der Waals surface area (Å²) in [6.07, 6.45) is 1.56. The summed E-state index contributed by atoms with van der Waals surface area (Å²) in [5.41, 5.74) is 2.04. The Balaban J connectivity index is 1.69. The Morgan fingerprint density at radius 1 is 1.17 bits per heavy atom. The zero-order valence-corrected chi connectivity index (χ0v) is 13.6. The third kappa shape index (κ3) is 3.26. The van der Waals surface area contributed by atoms with Crippen LogP contribution in [0.4, 0.5) is 15.8 Å². The lowest BCUT2D eigenvalue weighted by Gasteiger charge is -2.19. The van der Waals surface area contributed by atoms with Crippen molar-refractivity contribution in [3.63, 3.8) is 0 Å². The molecule has 0 spiro atoms. The molecule has 0 aromatic heterocycles. The maximum atomic E-state index is 13.1. The van der Waals surface area contributed by atoms with E-state index in [1.54, 1.807) is 12.1 Å². The van der Waals surface area contributed by atoms with Crippen LogP contribution in [0.15, 0.2) is 48.5 Å².